The van der Waals surface area contributed by atoms with Crippen LogP contribution in [0.2, 0.25) is 0 Å². The third kappa shape index (κ3) is 3.75. The van der Waals surface area contributed by atoms with Gasteiger partial charge in [-0.05, 0) is 23.2 Å². The van der Waals surface area contributed by atoms with Crippen LogP contribution >= 0.6 is 0 Å². The van der Waals surface area contributed by atoms with Crippen LogP contribution in [0.3, 0.4) is 0 Å². The number of carbonyl (C=O) groups excluding carboxylic acids is 1. The zero-order valence-electron chi connectivity index (χ0n) is 14.7. The molecule has 0 aromatic heterocycles. The number of nitrogens with zero attached hydrogens (tertiary/aromatic N) is 1. The maximum absolute atomic E-state index is 12.7. The van der Waals surface area contributed by atoms with Crippen LogP contribution in [-0.2, 0) is 4.79 Å². The minimum Gasteiger partial charge on any atom is -0.325 e. The zero-order chi connectivity index (χ0) is 15.7. The van der Waals surface area contributed by atoms with Crippen LogP contribution in [0.25, 0.3) is 0 Å². The first-order chi connectivity index (χ1) is 9.09. The first-order valence-corrected chi connectivity index (χ1v) is 8.16. The molecule has 0 aromatic carbocycles. The van der Waals surface area contributed by atoms with E-state index in [1.807, 2.05) is 0 Å². The Bertz CT molecular complexity index is 332. The van der Waals surface area contributed by atoms with Gasteiger partial charge in [-0.2, -0.15) is 0 Å². The van der Waals surface area contributed by atoms with E-state index in [1.165, 1.54) is 0 Å². The average Bonchev–Trinajstić information content (AvgIpc) is 2.65. The van der Waals surface area contributed by atoms with Crippen molar-refractivity contribution in [3.8, 4) is 0 Å². The third-order valence-corrected chi connectivity index (χ3v) is 5.03. The SMILES string of the molecule is CCC(C)C1NC(C(C)C)N(CC(C)C(C)(C)C)C1=O. The van der Waals surface area contributed by atoms with E-state index in [0.717, 1.165) is 13.0 Å². The standard InChI is InChI=1S/C17H34N2O/c1-9-12(4)14-16(20)19(15(18-14)11(2)3)10-13(5)17(6,7)8/h11-15,18H,9-10H2,1-8H3. The summed E-state index contributed by atoms with van der Waals surface area (Å²) in [5.74, 6) is 1.64. The van der Waals surface area contributed by atoms with Gasteiger partial charge >= 0.3 is 0 Å². The number of rotatable bonds is 5. The summed E-state index contributed by atoms with van der Waals surface area (Å²) >= 11 is 0. The van der Waals surface area contributed by atoms with E-state index in [9.17, 15) is 4.79 Å². The summed E-state index contributed by atoms with van der Waals surface area (Å²) in [4.78, 5) is 14.8. The molecule has 0 aromatic rings. The van der Waals surface area contributed by atoms with Gasteiger partial charge < -0.3 is 4.90 Å². The molecule has 1 aliphatic heterocycles. The van der Waals surface area contributed by atoms with Crippen molar-refractivity contribution >= 4 is 5.91 Å². The van der Waals surface area contributed by atoms with Crippen molar-refractivity contribution in [2.75, 3.05) is 6.54 Å². The zero-order valence-corrected chi connectivity index (χ0v) is 14.7. The van der Waals surface area contributed by atoms with Crippen molar-refractivity contribution in [1.82, 2.24) is 10.2 Å². The molecule has 1 heterocycles. The predicted molar refractivity (Wildman–Crippen MR) is 85.3 cm³/mol. The number of carbonyl (C=O) groups is 1. The molecule has 1 amide bonds. The van der Waals surface area contributed by atoms with E-state index in [0.29, 0.717) is 23.7 Å². The van der Waals surface area contributed by atoms with Gasteiger partial charge in [0.2, 0.25) is 5.91 Å². The number of amides is 1. The highest BCUT2D eigenvalue weighted by atomic mass is 16.2. The van der Waals surface area contributed by atoms with Gasteiger partial charge in [0.15, 0.2) is 0 Å². The second-order valence-corrected chi connectivity index (χ2v) is 7.98. The Morgan fingerprint density at radius 1 is 1.20 bits per heavy atom. The lowest BCUT2D eigenvalue weighted by molar-refractivity contribution is -0.132. The summed E-state index contributed by atoms with van der Waals surface area (Å²) in [7, 11) is 0. The van der Waals surface area contributed by atoms with Crippen LogP contribution in [0.1, 0.15) is 61.8 Å². The van der Waals surface area contributed by atoms with E-state index < -0.39 is 0 Å². The van der Waals surface area contributed by atoms with Crippen LogP contribution < -0.4 is 5.32 Å². The van der Waals surface area contributed by atoms with Gasteiger partial charge in [-0.25, -0.2) is 0 Å². The first kappa shape index (κ1) is 17.5. The summed E-state index contributed by atoms with van der Waals surface area (Å²) in [5.41, 5.74) is 0.232. The quantitative estimate of drug-likeness (QED) is 0.837. The smallest absolute Gasteiger partial charge is 0.241 e. The Morgan fingerprint density at radius 3 is 2.15 bits per heavy atom. The highest BCUT2D eigenvalue weighted by molar-refractivity contribution is 5.84. The second kappa shape index (κ2) is 6.46. The molecule has 3 nitrogen and oxygen atoms in total. The maximum atomic E-state index is 12.7. The van der Waals surface area contributed by atoms with Crippen molar-refractivity contribution in [1.29, 1.82) is 0 Å². The molecule has 1 rings (SSSR count). The lowest BCUT2D eigenvalue weighted by Crippen LogP contribution is -2.45. The summed E-state index contributed by atoms with van der Waals surface area (Å²) < 4.78 is 0. The summed E-state index contributed by atoms with van der Waals surface area (Å²) in [6.45, 7) is 18.6. The van der Waals surface area contributed by atoms with Gasteiger partial charge in [0.05, 0.1) is 12.2 Å². The molecule has 1 fully saturated rings. The molecule has 4 atom stereocenters. The lowest BCUT2D eigenvalue weighted by Gasteiger charge is -2.35. The Hall–Kier alpha value is -0.570. The number of nitrogens with one attached hydrogen (secondary N) is 1. The molecular formula is C17H34N2O. The molecule has 0 spiro atoms. The fourth-order valence-corrected chi connectivity index (χ4v) is 2.63. The molecule has 0 aliphatic carbocycles. The molecule has 0 radical (unpaired) electrons. The summed E-state index contributed by atoms with van der Waals surface area (Å²) in [6, 6.07) is -0.000400. The highest BCUT2D eigenvalue weighted by Crippen LogP contribution is 2.30. The Kier molecular flexibility index (Phi) is 5.65. The molecule has 4 unspecified atom stereocenters. The van der Waals surface area contributed by atoms with Crippen molar-refractivity contribution in [2.24, 2.45) is 23.2 Å². The van der Waals surface area contributed by atoms with Crippen LogP contribution in [0.4, 0.5) is 0 Å². The lowest BCUT2D eigenvalue weighted by atomic mass is 9.81. The molecule has 118 valence electrons. The molecule has 3 heteroatoms. The Balaban J connectivity index is 2.88. The number of hydrogen-bond acceptors (Lipinski definition) is 2. The van der Waals surface area contributed by atoms with Gasteiger partial charge in [-0.1, -0.05) is 61.8 Å². The maximum Gasteiger partial charge on any atom is 0.241 e. The predicted octanol–water partition coefficient (Wildman–Crippen LogP) is 3.50. The van der Waals surface area contributed by atoms with Crippen molar-refractivity contribution in [2.45, 2.75) is 74.0 Å². The fraction of sp³-hybridized carbons (Fsp3) is 0.941. The molecule has 20 heavy (non-hydrogen) atoms. The molecule has 1 N–H and O–H groups in total. The van der Waals surface area contributed by atoms with Gasteiger partial charge in [-0.15, -0.1) is 0 Å². The van der Waals surface area contributed by atoms with Crippen LogP contribution in [0.5, 0.6) is 0 Å². The minimum atomic E-state index is -0.000400. The third-order valence-electron chi connectivity index (χ3n) is 5.03. The minimum absolute atomic E-state index is 0.000400. The fourth-order valence-electron chi connectivity index (χ4n) is 2.63. The van der Waals surface area contributed by atoms with E-state index in [4.69, 9.17) is 0 Å². The largest absolute Gasteiger partial charge is 0.325 e. The van der Waals surface area contributed by atoms with E-state index in [1.54, 1.807) is 0 Å². The van der Waals surface area contributed by atoms with E-state index in [-0.39, 0.29) is 17.6 Å². The van der Waals surface area contributed by atoms with Crippen LogP contribution in [0.15, 0.2) is 0 Å². The summed E-state index contributed by atoms with van der Waals surface area (Å²) in [6.07, 6.45) is 1.22. The number of hydrogen-bond donors (Lipinski definition) is 1. The molecule has 0 bridgehead atoms. The normalized spacial score (nSPS) is 27.2. The molecular weight excluding hydrogens is 248 g/mol. The first-order valence-electron chi connectivity index (χ1n) is 8.16. The molecule has 1 aliphatic rings. The summed E-state index contributed by atoms with van der Waals surface area (Å²) in [5, 5.41) is 3.57. The van der Waals surface area contributed by atoms with Gasteiger partial charge in [0, 0.05) is 6.54 Å². The van der Waals surface area contributed by atoms with Crippen molar-refractivity contribution < 1.29 is 4.79 Å². The average molecular weight is 282 g/mol. The Labute approximate surface area is 125 Å². The molecule has 0 saturated carbocycles. The van der Waals surface area contributed by atoms with Gasteiger partial charge in [-0.3, -0.25) is 10.1 Å². The molecule has 1 saturated heterocycles. The Morgan fingerprint density at radius 2 is 1.75 bits per heavy atom. The topological polar surface area (TPSA) is 32.3 Å². The van der Waals surface area contributed by atoms with Gasteiger partial charge in [0.1, 0.15) is 0 Å². The van der Waals surface area contributed by atoms with E-state index in [2.05, 4.69) is 65.6 Å². The van der Waals surface area contributed by atoms with Crippen molar-refractivity contribution in [3.05, 3.63) is 0 Å². The van der Waals surface area contributed by atoms with Gasteiger partial charge in [0.25, 0.3) is 0 Å². The second-order valence-electron chi connectivity index (χ2n) is 7.98. The monoisotopic (exact) mass is 282 g/mol. The van der Waals surface area contributed by atoms with Crippen molar-refractivity contribution in [3.63, 3.8) is 0 Å². The van der Waals surface area contributed by atoms with Crippen LogP contribution in [-0.4, -0.2) is 29.6 Å². The van der Waals surface area contributed by atoms with Crippen LogP contribution in [0, 0.1) is 23.2 Å². The van der Waals surface area contributed by atoms with E-state index >= 15 is 0 Å². The highest BCUT2D eigenvalue weighted by Gasteiger charge is 2.43.